The highest BCUT2D eigenvalue weighted by Gasteiger charge is 2.16. The minimum absolute atomic E-state index is 0.223. The summed E-state index contributed by atoms with van der Waals surface area (Å²) in [5.41, 5.74) is 5.08. The van der Waals surface area contributed by atoms with Gasteiger partial charge in [-0.25, -0.2) is 0 Å². The molecular formula is C8H16N2O2. The molecule has 0 heterocycles. The molecule has 12 heavy (non-hydrogen) atoms. The molecule has 0 aromatic carbocycles. The van der Waals surface area contributed by atoms with E-state index in [2.05, 4.69) is 5.32 Å². The summed E-state index contributed by atoms with van der Waals surface area (Å²) in [5.74, 6) is -0.354. The summed E-state index contributed by atoms with van der Waals surface area (Å²) in [6.07, 6.45) is 0.592. The molecule has 0 saturated heterocycles. The number of carbonyl (C=O) groups is 2. The van der Waals surface area contributed by atoms with E-state index in [4.69, 9.17) is 5.73 Å². The maximum atomic E-state index is 10.8. The van der Waals surface area contributed by atoms with Crippen molar-refractivity contribution in [2.24, 2.45) is 11.7 Å². The van der Waals surface area contributed by atoms with E-state index >= 15 is 0 Å². The Hall–Kier alpha value is -1.06. The van der Waals surface area contributed by atoms with E-state index in [1.54, 1.807) is 0 Å². The van der Waals surface area contributed by atoms with Crippen LogP contribution in [0.25, 0.3) is 0 Å². The lowest BCUT2D eigenvalue weighted by Gasteiger charge is -2.15. The van der Waals surface area contributed by atoms with E-state index in [9.17, 15) is 9.59 Å². The molecule has 0 unspecified atom stereocenters. The normalized spacial score (nSPS) is 12.7. The minimum Gasteiger partial charge on any atom is -0.368 e. The highest BCUT2D eigenvalue weighted by molar-refractivity contribution is 5.85. The van der Waals surface area contributed by atoms with Crippen molar-refractivity contribution < 1.29 is 9.59 Å². The quantitative estimate of drug-likeness (QED) is 0.627. The number of amides is 2. The van der Waals surface area contributed by atoms with Crippen molar-refractivity contribution in [1.82, 2.24) is 5.32 Å². The zero-order valence-electron chi connectivity index (χ0n) is 7.76. The van der Waals surface area contributed by atoms with Gasteiger partial charge in [-0.3, -0.25) is 9.59 Å². The SMILES string of the molecule is CC(=O)N[C@@H](CC(C)C)C(N)=O. The molecule has 3 N–H and O–H groups in total. The Kier molecular flexibility index (Phi) is 4.33. The van der Waals surface area contributed by atoms with Crippen LogP contribution in [0.2, 0.25) is 0 Å². The first-order chi connectivity index (χ1) is 5.43. The van der Waals surface area contributed by atoms with Gasteiger partial charge >= 0.3 is 0 Å². The summed E-state index contributed by atoms with van der Waals surface area (Å²) in [6, 6.07) is -0.525. The Morgan fingerprint density at radius 2 is 1.92 bits per heavy atom. The fourth-order valence-corrected chi connectivity index (χ4v) is 0.963. The van der Waals surface area contributed by atoms with Crippen LogP contribution >= 0.6 is 0 Å². The lowest BCUT2D eigenvalue weighted by Crippen LogP contribution is -2.44. The molecule has 0 radical (unpaired) electrons. The molecule has 0 aliphatic heterocycles. The van der Waals surface area contributed by atoms with Crippen LogP contribution in [-0.2, 0) is 9.59 Å². The Bertz CT molecular complexity index is 178. The Morgan fingerprint density at radius 1 is 1.42 bits per heavy atom. The van der Waals surface area contributed by atoms with Gasteiger partial charge < -0.3 is 11.1 Å². The zero-order chi connectivity index (χ0) is 9.72. The summed E-state index contributed by atoms with van der Waals surface area (Å²) in [7, 11) is 0. The van der Waals surface area contributed by atoms with Crippen molar-refractivity contribution in [3.8, 4) is 0 Å². The smallest absolute Gasteiger partial charge is 0.240 e. The van der Waals surface area contributed by atoms with Crippen molar-refractivity contribution in [2.75, 3.05) is 0 Å². The second-order valence-electron chi connectivity index (χ2n) is 3.29. The van der Waals surface area contributed by atoms with Gasteiger partial charge in [-0.05, 0) is 12.3 Å². The van der Waals surface area contributed by atoms with Gasteiger partial charge in [-0.15, -0.1) is 0 Å². The molecule has 0 aromatic rings. The predicted molar refractivity (Wildman–Crippen MR) is 46.3 cm³/mol. The molecule has 2 amide bonds. The van der Waals surface area contributed by atoms with Crippen LogP contribution in [0.4, 0.5) is 0 Å². The van der Waals surface area contributed by atoms with Gasteiger partial charge in [0, 0.05) is 6.92 Å². The average Bonchev–Trinajstić information content (AvgIpc) is 1.83. The third-order valence-corrected chi connectivity index (χ3v) is 1.43. The molecule has 0 spiro atoms. The van der Waals surface area contributed by atoms with Gasteiger partial charge in [0.25, 0.3) is 0 Å². The van der Waals surface area contributed by atoms with Crippen molar-refractivity contribution in [3.05, 3.63) is 0 Å². The number of hydrogen-bond acceptors (Lipinski definition) is 2. The van der Waals surface area contributed by atoms with Crippen LogP contribution in [0.15, 0.2) is 0 Å². The first kappa shape index (κ1) is 10.9. The van der Waals surface area contributed by atoms with Gasteiger partial charge in [-0.1, -0.05) is 13.8 Å². The molecule has 4 heteroatoms. The van der Waals surface area contributed by atoms with Crippen molar-refractivity contribution >= 4 is 11.8 Å². The van der Waals surface area contributed by atoms with Crippen LogP contribution < -0.4 is 11.1 Å². The molecule has 4 nitrogen and oxygen atoms in total. The summed E-state index contributed by atoms with van der Waals surface area (Å²) in [6.45, 7) is 5.31. The number of rotatable bonds is 4. The number of hydrogen-bond donors (Lipinski definition) is 2. The van der Waals surface area contributed by atoms with Gasteiger partial charge in [-0.2, -0.15) is 0 Å². The fraction of sp³-hybridized carbons (Fsp3) is 0.750. The van der Waals surface area contributed by atoms with Gasteiger partial charge in [0.15, 0.2) is 0 Å². The van der Waals surface area contributed by atoms with Crippen LogP contribution in [0.3, 0.4) is 0 Å². The number of carbonyl (C=O) groups excluding carboxylic acids is 2. The highest BCUT2D eigenvalue weighted by Crippen LogP contribution is 2.03. The first-order valence-corrected chi connectivity index (χ1v) is 4.00. The molecule has 0 rings (SSSR count). The molecule has 0 aliphatic rings. The molecule has 1 atom stereocenters. The topological polar surface area (TPSA) is 72.2 Å². The number of nitrogens with two attached hydrogens (primary N) is 1. The lowest BCUT2D eigenvalue weighted by atomic mass is 10.0. The van der Waals surface area contributed by atoms with Crippen molar-refractivity contribution in [1.29, 1.82) is 0 Å². The third kappa shape index (κ3) is 4.71. The maximum Gasteiger partial charge on any atom is 0.240 e. The van der Waals surface area contributed by atoms with E-state index in [1.807, 2.05) is 13.8 Å². The first-order valence-electron chi connectivity index (χ1n) is 4.00. The second-order valence-corrected chi connectivity index (χ2v) is 3.29. The molecule has 0 fully saturated rings. The Morgan fingerprint density at radius 3 is 2.17 bits per heavy atom. The summed E-state index contributed by atoms with van der Waals surface area (Å²) in [5, 5.41) is 2.50. The standard InChI is InChI=1S/C8H16N2O2/c1-5(2)4-7(8(9)12)10-6(3)11/h5,7H,4H2,1-3H3,(H2,9,12)(H,10,11)/t7-/m0/s1. The van der Waals surface area contributed by atoms with Crippen LogP contribution in [-0.4, -0.2) is 17.9 Å². The number of primary amides is 1. The maximum absolute atomic E-state index is 10.8. The molecule has 0 aliphatic carbocycles. The summed E-state index contributed by atoms with van der Waals surface area (Å²) < 4.78 is 0. The van der Waals surface area contributed by atoms with Crippen LogP contribution in [0.1, 0.15) is 27.2 Å². The van der Waals surface area contributed by atoms with E-state index in [1.165, 1.54) is 6.92 Å². The zero-order valence-corrected chi connectivity index (χ0v) is 7.76. The van der Waals surface area contributed by atoms with E-state index < -0.39 is 11.9 Å². The molecule has 70 valence electrons. The third-order valence-electron chi connectivity index (χ3n) is 1.43. The number of nitrogens with one attached hydrogen (secondary N) is 1. The molecule has 0 saturated carbocycles. The average molecular weight is 172 g/mol. The Labute approximate surface area is 72.5 Å². The van der Waals surface area contributed by atoms with E-state index in [-0.39, 0.29) is 5.91 Å². The molecular weight excluding hydrogens is 156 g/mol. The molecule has 0 bridgehead atoms. The minimum atomic E-state index is -0.525. The van der Waals surface area contributed by atoms with E-state index in [0.29, 0.717) is 12.3 Å². The van der Waals surface area contributed by atoms with Crippen LogP contribution in [0.5, 0.6) is 0 Å². The fourth-order valence-electron chi connectivity index (χ4n) is 0.963. The second kappa shape index (κ2) is 4.74. The lowest BCUT2D eigenvalue weighted by molar-refractivity contribution is -0.126. The van der Waals surface area contributed by atoms with Crippen molar-refractivity contribution in [3.63, 3.8) is 0 Å². The summed E-state index contributed by atoms with van der Waals surface area (Å²) in [4.78, 5) is 21.4. The van der Waals surface area contributed by atoms with Gasteiger partial charge in [0.1, 0.15) is 6.04 Å². The molecule has 0 aromatic heterocycles. The highest BCUT2D eigenvalue weighted by atomic mass is 16.2. The van der Waals surface area contributed by atoms with Gasteiger partial charge in [0.2, 0.25) is 11.8 Å². The Balaban J connectivity index is 4.04. The largest absolute Gasteiger partial charge is 0.368 e. The van der Waals surface area contributed by atoms with Crippen LogP contribution in [0, 0.1) is 5.92 Å². The van der Waals surface area contributed by atoms with Gasteiger partial charge in [0.05, 0.1) is 0 Å². The van der Waals surface area contributed by atoms with E-state index in [0.717, 1.165) is 0 Å². The summed E-state index contributed by atoms with van der Waals surface area (Å²) >= 11 is 0. The predicted octanol–water partition coefficient (Wildman–Crippen LogP) is 0.0225. The van der Waals surface area contributed by atoms with Crippen molar-refractivity contribution in [2.45, 2.75) is 33.2 Å². The monoisotopic (exact) mass is 172 g/mol.